The molecule has 0 saturated carbocycles. The zero-order chi connectivity index (χ0) is 20.7. The summed E-state index contributed by atoms with van der Waals surface area (Å²) >= 11 is 0. The summed E-state index contributed by atoms with van der Waals surface area (Å²) < 4.78 is 48.4. The Morgan fingerprint density at radius 1 is 1.07 bits per heavy atom. The van der Waals surface area contributed by atoms with Crippen LogP contribution in [0.1, 0.15) is 18.1 Å². The number of halogens is 3. The van der Waals surface area contributed by atoms with Crippen LogP contribution >= 0.6 is 0 Å². The van der Waals surface area contributed by atoms with Crippen LogP contribution in [0.5, 0.6) is 11.5 Å². The van der Waals surface area contributed by atoms with Crippen LogP contribution in [0.3, 0.4) is 0 Å². The fourth-order valence-corrected chi connectivity index (χ4v) is 2.27. The molecule has 150 valence electrons. The van der Waals surface area contributed by atoms with E-state index < -0.39 is 24.3 Å². The quantitative estimate of drug-likeness (QED) is 0.565. The van der Waals surface area contributed by atoms with Crippen molar-refractivity contribution in [3.63, 3.8) is 0 Å². The van der Waals surface area contributed by atoms with E-state index >= 15 is 0 Å². The normalized spacial score (nSPS) is 11.7. The Kier molecular flexibility index (Phi) is 6.86. The van der Waals surface area contributed by atoms with Crippen LogP contribution in [0, 0.1) is 0 Å². The minimum absolute atomic E-state index is 0.0176. The first-order valence-electron chi connectivity index (χ1n) is 8.10. The number of benzene rings is 2. The van der Waals surface area contributed by atoms with Gasteiger partial charge in [0, 0.05) is 11.3 Å². The van der Waals surface area contributed by atoms with Gasteiger partial charge in [0.2, 0.25) is 0 Å². The summed E-state index contributed by atoms with van der Waals surface area (Å²) in [5, 5.41) is 6.17. The van der Waals surface area contributed by atoms with Crippen molar-refractivity contribution in [3.8, 4) is 11.5 Å². The maximum absolute atomic E-state index is 12.7. The van der Waals surface area contributed by atoms with Gasteiger partial charge in [-0.05, 0) is 43.3 Å². The second kappa shape index (κ2) is 9.12. The monoisotopic (exact) mass is 396 g/mol. The molecule has 0 radical (unpaired) electrons. The van der Waals surface area contributed by atoms with Gasteiger partial charge in [0.1, 0.15) is 0 Å². The third-order valence-corrected chi connectivity index (χ3v) is 3.67. The lowest BCUT2D eigenvalue weighted by Gasteiger charge is -2.10. The van der Waals surface area contributed by atoms with Crippen LogP contribution in [0.15, 0.2) is 47.6 Å². The van der Waals surface area contributed by atoms with E-state index in [-0.39, 0.29) is 5.69 Å². The molecule has 2 aromatic rings. The Morgan fingerprint density at radius 3 is 2.43 bits per heavy atom. The predicted octanol–water partition coefficient (Wildman–Crippen LogP) is 4.10. The Hall–Kier alpha value is -3.23. The zero-order valence-corrected chi connectivity index (χ0v) is 15.5. The molecule has 6 nitrogen and oxygen atoms in total. The molecule has 0 saturated heterocycles. The summed E-state index contributed by atoms with van der Waals surface area (Å²) in [6.45, 7) is 1.22. The lowest BCUT2D eigenvalue weighted by molar-refractivity contribution is -0.137. The van der Waals surface area contributed by atoms with Gasteiger partial charge in [-0.3, -0.25) is 4.79 Å². The summed E-state index contributed by atoms with van der Waals surface area (Å²) in [6.07, 6.45) is -4.49. The number of anilines is 1. The van der Waals surface area contributed by atoms with Crippen molar-refractivity contribution in [2.75, 3.05) is 26.1 Å². The zero-order valence-electron chi connectivity index (χ0n) is 15.5. The minimum atomic E-state index is -4.49. The number of amides is 1. The summed E-state index contributed by atoms with van der Waals surface area (Å²) in [4.78, 5) is 16.8. The molecule has 2 rings (SSSR count). The molecule has 9 heteroatoms. The number of carbonyl (C=O) groups excluding carboxylic acids is 1. The van der Waals surface area contributed by atoms with E-state index in [1.54, 1.807) is 25.1 Å². The maximum atomic E-state index is 12.7. The highest BCUT2D eigenvalue weighted by molar-refractivity contribution is 5.99. The van der Waals surface area contributed by atoms with Gasteiger partial charge in [-0.25, -0.2) is 0 Å². The van der Waals surface area contributed by atoms with Gasteiger partial charge in [-0.2, -0.15) is 13.2 Å². The van der Waals surface area contributed by atoms with Crippen molar-refractivity contribution in [2.24, 2.45) is 5.16 Å². The molecule has 0 aliphatic heterocycles. The highest BCUT2D eigenvalue weighted by Crippen LogP contribution is 2.30. The highest BCUT2D eigenvalue weighted by Gasteiger charge is 2.30. The van der Waals surface area contributed by atoms with Crippen molar-refractivity contribution < 1.29 is 32.3 Å². The summed E-state index contributed by atoms with van der Waals surface area (Å²) in [6, 6.07) is 9.46. The largest absolute Gasteiger partial charge is 0.493 e. The predicted molar refractivity (Wildman–Crippen MR) is 97.8 cm³/mol. The lowest BCUT2D eigenvalue weighted by Crippen LogP contribution is -2.18. The third-order valence-electron chi connectivity index (χ3n) is 3.67. The second-order valence-corrected chi connectivity index (χ2v) is 5.65. The van der Waals surface area contributed by atoms with Crippen molar-refractivity contribution in [1.29, 1.82) is 0 Å². The minimum Gasteiger partial charge on any atom is -0.493 e. The number of ether oxygens (including phenoxy) is 2. The Morgan fingerprint density at radius 2 is 1.79 bits per heavy atom. The van der Waals surface area contributed by atoms with E-state index in [0.717, 1.165) is 12.1 Å². The number of nitrogens with one attached hydrogen (secondary N) is 1. The van der Waals surface area contributed by atoms with Crippen molar-refractivity contribution >= 4 is 17.3 Å². The Bertz CT molecular complexity index is 866. The van der Waals surface area contributed by atoms with E-state index in [9.17, 15) is 18.0 Å². The van der Waals surface area contributed by atoms with Gasteiger partial charge < -0.3 is 19.6 Å². The Labute approximate surface area is 159 Å². The average molecular weight is 396 g/mol. The molecule has 1 N–H and O–H groups in total. The SMILES string of the molecule is COc1ccc(/C(C)=N\OCC(=O)Nc2cccc(C(F)(F)F)c2)cc1OC. The molecule has 1 amide bonds. The van der Waals surface area contributed by atoms with Crippen LogP contribution in [0.2, 0.25) is 0 Å². The maximum Gasteiger partial charge on any atom is 0.416 e. The average Bonchev–Trinajstić information content (AvgIpc) is 2.66. The van der Waals surface area contributed by atoms with Crippen LogP contribution in [0.25, 0.3) is 0 Å². The molecule has 0 aliphatic rings. The number of hydrogen-bond donors (Lipinski definition) is 1. The summed E-state index contributed by atoms with van der Waals surface area (Å²) in [5.41, 5.74) is 0.335. The van der Waals surface area contributed by atoms with Gasteiger partial charge in [-0.1, -0.05) is 11.2 Å². The van der Waals surface area contributed by atoms with Gasteiger partial charge >= 0.3 is 6.18 Å². The smallest absolute Gasteiger partial charge is 0.416 e. The molecule has 0 bridgehead atoms. The topological polar surface area (TPSA) is 69.2 Å². The molecule has 28 heavy (non-hydrogen) atoms. The molecular formula is C19H19F3N2O4. The first-order chi connectivity index (χ1) is 13.2. The first-order valence-corrected chi connectivity index (χ1v) is 8.10. The number of oxime groups is 1. The third kappa shape index (κ3) is 5.63. The van der Waals surface area contributed by atoms with Crippen LogP contribution in [-0.2, 0) is 15.8 Å². The molecule has 0 heterocycles. The molecule has 0 fully saturated rings. The fourth-order valence-electron chi connectivity index (χ4n) is 2.27. The fraction of sp³-hybridized carbons (Fsp3) is 0.263. The first kappa shape index (κ1) is 21.1. The summed E-state index contributed by atoms with van der Waals surface area (Å²) in [5.74, 6) is 0.431. The van der Waals surface area contributed by atoms with Gasteiger partial charge in [0.25, 0.3) is 5.91 Å². The molecule has 0 aliphatic carbocycles. The summed E-state index contributed by atoms with van der Waals surface area (Å²) in [7, 11) is 3.02. The number of rotatable bonds is 7. The molecule has 0 aromatic heterocycles. The van der Waals surface area contributed by atoms with Crippen molar-refractivity contribution in [2.45, 2.75) is 13.1 Å². The molecule has 0 spiro atoms. The van der Waals surface area contributed by atoms with Gasteiger partial charge in [0.15, 0.2) is 18.1 Å². The van der Waals surface area contributed by atoms with Gasteiger partial charge in [-0.15, -0.1) is 0 Å². The van der Waals surface area contributed by atoms with Crippen LogP contribution in [0.4, 0.5) is 18.9 Å². The van der Waals surface area contributed by atoms with Crippen LogP contribution in [-0.4, -0.2) is 32.4 Å². The number of nitrogens with zero attached hydrogens (tertiary/aromatic N) is 1. The van der Waals surface area contributed by atoms with E-state index in [4.69, 9.17) is 14.3 Å². The molecule has 0 atom stereocenters. The van der Waals surface area contributed by atoms with E-state index in [1.165, 1.54) is 26.4 Å². The Balaban J connectivity index is 1.96. The number of carbonyl (C=O) groups is 1. The number of methoxy groups -OCH3 is 2. The molecule has 0 unspecified atom stereocenters. The van der Waals surface area contributed by atoms with E-state index in [2.05, 4.69) is 10.5 Å². The van der Waals surface area contributed by atoms with E-state index in [0.29, 0.717) is 22.8 Å². The second-order valence-electron chi connectivity index (χ2n) is 5.65. The molecular weight excluding hydrogens is 377 g/mol. The molecule has 2 aromatic carbocycles. The highest BCUT2D eigenvalue weighted by atomic mass is 19.4. The van der Waals surface area contributed by atoms with Gasteiger partial charge in [0.05, 0.1) is 25.5 Å². The number of hydrogen-bond acceptors (Lipinski definition) is 5. The standard InChI is InChI=1S/C19H19F3N2O4/c1-12(13-7-8-16(26-2)17(9-13)27-3)24-28-11-18(25)23-15-6-4-5-14(10-15)19(20,21)22/h4-10H,11H2,1-3H3,(H,23,25)/b24-12-. The lowest BCUT2D eigenvalue weighted by atomic mass is 10.1. The van der Waals surface area contributed by atoms with Crippen molar-refractivity contribution in [3.05, 3.63) is 53.6 Å². The van der Waals surface area contributed by atoms with Crippen LogP contribution < -0.4 is 14.8 Å². The van der Waals surface area contributed by atoms with Crippen molar-refractivity contribution in [1.82, 2.24) is 0 Å². The number of alkyl halides is 3. The van der Waals surface area contributed by atoms with E-state index in [1.807, 2.05) is 0 Å².